The van der Waals surface area contributed by atoms with Gasteiger partial charge in [0.05, 0.1) is 16.5 Å². The van der Waals surface area contributed by atoms with Gasteiger partial charge in [0, 0.05) is 23.2 Å². The van der Waals surface area contributed by atoms with Gasteiger partial charge in [-0.05, 0) is 79.9 Å². The molecule has 6 rings (SSSR count). The van der Waals surface area contributed by atoms with Gasteiger partial charge >= 0.3 is 0 Å². The number of hydrogen-bond acceptors (Lipinski definition) is 2. The van der Waals surface area contributed by atoms with E-state index in [0.29, 0.717) is 0 Å². The number of hydrogen-bond donors (Lipinski definition) is 0. The molecule has 34 heavy (non-hydrogen) atoms. The van der Waals surface area contributed by atoms with E-state index in [-0.39, 0.29) is 0 Å². The lowest BCUT2D eigenvalue weighted by Gasteiger charge is -2.14. The van der Waals surface area contributed by atoms with E-state index in [1.807, 2.05) is 24.5 Å². The number of aryl methyl sites for hydroxylation is 1. The number of rotatable bonds is 4. The minimum Gasteiger partial charge on any atom is -0.294 e. The van der Waals surface area contributed by atoms with Crippen LogP contribution in [-0.2, 0) is 0 Å². The average Bonchev–Trinajstić information content (AvgIpc) is 3.23. The summed E-state index contributed by atoms with van der Waals surface area (Å²) in [5, 5.41) is 3.81. The molecule has 3 aromatic heterocycles. The zero-order valence-corrected chi connectivity index (χ0v) is 20.1. The second-order valence-corrected chi connectivity index (χ2v) is 10.6. The first-order valence-corrected chi connectivity index (χ1v) is 13.2. The summed E-state index contributed by atoms with van der Waals surface area (Å²) in [5.74, 6) is 0.979. The van der Waals surface area contributed by atoms with Crippen molar-refractivity contribution >= 4 is 40.5 Å². The SMILES string of the molecule is Cc1cccnc1-n1c2ccccc2c2ccc(-c3cccc(P(C)c4ccccn4)c3)cc21. The number of fused-ring (bicyclic) bond motifs is 3. The Morgan fingerprint density at radius 1 is 0.647 bits per heavy atom. The third-order valence-electron chi connectivity index (χ3n) is 6.43. The maximum atomic E-state index is 4.75. The van der Waals surface area contributed by atoms with Crippen LogP contribution in [0.5, 0.6) is 0 Å². The van der Waals surface area contributed by atoms with Crippen molar-refractivity contribution in [1.29, 1.82) is 0 Å². The quantitative estimate of drug-likeness (QED) is 0.279. The van der Waals surface area contributed by atoms with Crippen LogP contribution in [0, 0.1) is 6.92 Å². The Bertz CT molecular complexity index is 1640. The summed E-state index contributed by atoms with van der Waals surface area (Å²) in [5.41, 5.74) is 7.09. The molecule has 4 heteroatoms. The molecule has 0 aliphatic rings. The van der Waals surface area contributed by atoms with Crippen molar-refractivity contribution in [2.75, 3.05) is 6.66 Å². The molecule has 0 saturated carbocycles. The van der Waals surface area contributed by atoms with E-state index in [9.17, 15) is 0 Å². The van der Waals surface area contributed by atoms with Crippen LogP contribution < -0.4 is 10.7 Å². The maximum absolute atomic E-state index is 4.75. The van der Waals surface area contributed by atoms with Crippen molar-refractivity contribution in [2.24, 2.45) is 0 Å². The third kappa shape index (κ3) is 3.50. The zero-order chi connectivity index (χ0) is 23.1. The van der Waals surface area contributed by atoms with Crippen molar-refractivity contribution in [3.63, 3.8) is 0 Å². The summed E-state index contributed by atoms with van der Waals surface area (Å²) < 4.78 is 2.30. The first-order chi connectivity index (χ1) is 16.7. The van der Waals surface area contributed by atoms with E-state index in [1.165, 1.54) is 38.2 Å². The number of benzene rings is 3. The highest BCUT2D eigenvalue weighted by Gasteiger charge is 2.16. The van der Waals surface area contributed by atoms with Gasteiger partial charge in [0.15, 0.2) is 0 Å². The second kappa shape index (κ2) is 8.52. The van der Waals surface area contributed by atoms with Crippen LogP contribution in [0.25, 0.3) is 38.8 Å². The Hall–Kier alpha value is -3.81. The highest BCUT2D eigenvalue weighted by atomic mass is 31.1. The highest BCUT2D eigenvalue weighted by Crippen LogP contribution is 2.35. The van der Waals surface area contributed by atoms with E-state index in [4.69, 9.17) is 4.98 Å². The number of nitrogens with zero attached hydrogens (tertiary/aromatic N) is 3. The van der Waals surface area contributed by atoms with E-state index in [1.54, 1.807) is 0 Å². The topological polar surface area (TPSA) is 30.7 Å². The molecule has 0 N–H and O–H groups in total. The van der Waals surface area contributed by atoms with E-state index < -0.39 is 7.92 Å². The molecular weight excluding hydrogens is 433 g/mol. The summed E-state index contributed by atoms with van der Waals surface area (Å²) in [6.07, 6.45) is 3.75. The predicted molar refractivity (Wildman–Crippen MR) is 145 cm³/mol. The lowest BCUT2D eigenvalue weighted by Crippen LogP contribution is -2.13. The molecule has 0 fully saturated rings. The van der Waals surface area contributed by atoms with Crippen LogP contribution in [-0.4, -0.2) is 21.2 Å². The largest absolute Gasteiger partial charge is 0.294 e. The molecule has 3 aromatic carbocycles. The van der Waals surface area contributed by atoms with Gasteiger partial charge in [0.1, 0.15) is 5.82 Å². The van der Waals surface area contributed by atoms with Crippen molar-refractivity contribution < 1.29 is 0 Å². The fourth-order valence-corrected chi connectivity index (χ4v) is 6.12. The molecule has 164 valence electrons. The number of para-hydroxylation sites is 1. The van der Waals surface area contributed by atoms with Gasteiger partial charge in [-0.25, -0.2) is 4.98 Å². The van der Waals surface area contributed by atoms with Crippen LogP contribution in [0.3, 0.4) is 0 Å². The summed E-state index contributed by atoms with van der Waals surface area (Å²) in [6.45, 7) is 4.40. The Morgan fingerprint density at radius 3 is 2.29 bits per heavy atom. The Labute approximate surface area is 200 Å². The van der Waals surface area contributed by atoms with Crippen LogP contribution in [0.15, 0.2) is 109 Å². The molecule has 6 aromatic rings. The molecule has 0 bridgehead atoms. The smallest absolute Gasteiger partial charge is 0.140 e. The molecule has 1 unspecified atom stereocenters. The predicted octanol–water partition coefficient (Wildman–Crippen LogP) is 6.61. The zero-order valence-electron chi connectivity index (χ0n) is 19.2. The van der Waals surface area contributed by atoms with Crippen LogP contribution in [0.2, 0.25) is 0 Å². The molecule has 0 radical (unpaired) electrons. The molecule has 1 atom stereocenters. The molecule has 0 amide bonds. The molecule has 0 spiro atoms. The second-order valence-electron chi connectivity index (χ2n) is 8.53. The van der Waals surface area contributed by atoms with Gasteiger partial charge in [-0.2, -0.15) is 0 Å². The summed E-state index contributed by atoms with van der Waals surface area (Å²) >= 11 is 0. The van der Waals surface area contributed by atoms with Gasteiger partial charge in [0.25, 0.3) is 0 Å². The minimum absolute atomic E-state index is 0.501. The monoisotopic (exact) mass is 457 g/mol. The van der Waals surface area contributed by atoms with Gasteiger partial charge < -0.3 is 0 Å². The fraction of sp³-hybridized carbons (Fsp3) is 0.0667. The fourth-order valence-electron chi connectivity index (χ4n) is 4.67. The molecule has 3 heterocycles. The molecular formula is C30H24N3P. The van der Waals surface area contributed by atoms with Crippen LogP contribution in [0.1, 0.15) is 5.56 Å². The lowest BCUT2D eigenvalue weighted by atomic mass is 10.0. The first kappa shape index (κ1) is 20.8. The van der Waals surface area contributed by atoms with Gasteiger partial charge in [-0.1, -0.05) is 60.7 Å². The Kier molecular flexibility index (Phi) is 5.20. The van der Waals surface area contributed by atoms with Crippen molar-refractivity contribution in [1.82, 2.24) is 14.5 Å². The lowest BCUT2D eigenvalue weighted by molar-refractivity contribution is 1.05. The van der Waals surface area contributed by atoms with Crippen molar-refractivity contribution in [3.05, 3.63) is 115 Å². The summed E-state index contributed by atoms with van der Waals surface area (Å²) in [7, 11) is -0.501. The summed E-state index contributed by atoms with van der Waals surface area (Å²) in [6, 6.07) is 34.6. The van der Waals surface area contributed by atoms with Crippen molar-refractivity contribution in [2.45, 2.75) is 6.92 Å². The van der Waals surface area contributed by atoms with Gasteiger partial charge in [-0.15, -0.1) is 0 Å². The van der Waals surface area contributed by atoms with Gasteiger partial charge in [-0.3, -0.25) is 9.55 Å². The van der Waals surface area contributed by atoms with Crippen LogP contribution >= 0.6 is 7.92 Å². The van der Waals surface area contributed by atoms with Crippen LogP contribution in [0.4, 0.5) is 0 Å². The van der Waals surface area contributed by atoms with E-state index >= 15 is 0 Å². The normalized spacial score (nSPS) is 12.3. The average molecular weight is 458 g/mol. The standard InChI is InChI=1S/C30H24N3P/c1-21-9-8-18-32-30(21)33-27-13-4-3-12-25(27)26-16-15-23(20-28(26)33)22-10-7-11-24(19-22)34(2)29-14-5-6-17-31-29/h3-20H,1-2H3. The Balaban J connectivity index is 1.53. The maximum Gasteiger partial charge on any atom is 0.140 e. The molecule has 0 aliphatic carbocycles. The van der Waals surface area contributed by atoms with Crippen molar-refractivity contribution in [3.8, 4) is 16.9 Å². The minimum atomic E-state index is -0.501. The highest BCUT2D eigenvalue weighted by molar-refractivity contribution is 7.72. The first-order valence-electron chi connectivity index (χ1n) is 11.4. The Morgan fingerprint density at radius 2 is 1.44 bits per heavy atom. The van der Waals surface area contributed by atoms with E-state index in [0.717, 1.165) is 16.8 Å². The number of aromatic nitrogens is 3. The molecule has 0 saturated heterocycles. The van der Waals surface area contributed by atoms with Gasteiger partial charge in [0.2, 0.25) is 0 Å². The number of pyridine rings is 2. The molecule has 0 aliphatic heterocycles. The summed E-state index contributed by atoms with van der Waals surface area (Å²) in [4.78, 5) is 9.35. The van der Waals surface area contributed by atoms with E-state index in [2.05, 4.69) is 108 Å². The third-order valence-corrected chi connectivity index (χ3v) is 8.43. The molecule has 3 nitrogen and oxygen atoms in total.